The first-order chi connectivity index (χ1) is 9.78. The molecule has 0 N–H and O–H groups in total. The van der Waals surface area contributed by atoms with Crippen molar-refractivity contribution >= 4 is 15.9 Å². The third kappa shape index (κ3) is 2.57. The van der Waals surface area contributed by atoms with E-state index in [1.165, 1.54) is 11.1 Å². The van der Waals surface area contributed by atoms with E-state index in [-0.39, 0.29) is 6.10 Å². The Kier molecular flexibility index (Phi) is 3.75. The predicted octanol–water partition coefficient (Wildman–Crippen LogP) is 4.78. The van der Waals surface area contributed by atoms with Crippen molar-refractivity contribution in [2.45, 2.75) is 25.4 Å². The second-order valence-electron chi connectivity index (χ2n) is 4.95. The zero-order valence-corrected chi connectivity index (χ0v) is 12.6. The van der Waals surface area contributed by atoms with Crippen LogP contribution in [0.2, 0.25) is 0 Å². The molecule has 1 aliphatic carbocycles. The molecule has 1 aliphatic rings. The maximum absolute atomic E-state index is 9.19. The standard InChI is InChI=1S/C17H14BrNO/c18-14-9-8-13(11-19)17(10-14)20-16-7-3-5-12-4-1-2-6-15(12)16/h1-2,4,6,8-10,16H,3,5,7H2. The normalized spacial score (nSPS) is 17.1. The number of rotatable bonds is 2. The van der Waals surface area contributed by atoms with Crippen molar-refractivity contribution in [3.63, 3.8) is 0 Å². The maximum atomic E-state index is 9.19. The molecular formula is C17H14BrNO. The molecule has 0 fully saturated rings. The summed E-state index contributed by atoms with van der Waals surface area (Å²) in [5.74, 6) is 0.656. The molecule has 0 saturated heterocycles. The van der Waals surface area contributed by atoms with Gasteiger partial charge in [-0.3, -0.25) is 0 Å². The van der Waals surface area contributed by atoms with Crippen molar-refractivity contribution in [1.29, 1.82) is 5.26 Å². The van der Waals surface area contributed by atoms with E-state index >= 15 is 0 Å². The Morgan fingerprint density at radius 1 is 1.20 bits per heavy atom. The molecule has 1 atom stereocenters. The molecule has 0 aromatic heterocycles. The summed E-state index contributed by atoms with van der Waals surface area (Å²) in [7, 11) is 0. The summed E-state index contributed by atoms with van der Waals surface area (Å²) in [5.41, 5.74) is 3.19. The second-order valence-corrected chi connectivity index (χ2v) is 5.87. The lowest BCUT2D eigenvalue weighted by atomic mass is 9.89. The van der Waals surface area contributed by atoms with Gasteiger partial charge in [0, 0.05) is 4.47 Å². The van der Waals surface area contributed by atoms with Gasteiger partial charge in [-0.2, -0.15) is 5.26 Å². The van der Waals surface area contributed by atoms with E-state index in [2.05, 4.69) is 40.2 Å². The molecule has 2 aromatic rings. The Morgan fingerprint density at radius 2 is 2.05 bits per heavy atom. The largest absolute Gasteiger partial charge is 0.484 e. The lowest BCUT2D eigenvalue weighted by Gasteiger charge is -2.26. The monoisotopic (exact) mass is 327 g/mol. The molecule has 0 saturated carbocycles. The summed E-state index contributed by atoms with van der Waals surface area (Å²) in [6.45, 7) is 0. The highest BCUT2D eigenvalue weighted by Crippen LogP contribution is 2.35. The molecule has 0 spiro atoms. The van der Waals surface area contributed by atoms with Gasteiger partial charge in [0.15, 0.2) is 0 Å². The molecule has 3 rings (SSSR count). The first-order valence-corrected chi connectivity index (χ1v) is 7.51. The fraction of sp³-hybridized carbons (Fsp3) is 0.235. The van der Waals surface area contributed by atoms with Gasteiger partial charge in [0.25, 0.3) is 0 Å². The van der Waals surface area contributed by atoms with Gasteiger partial charge in [-0.1, -0.05) is 40.2 Å². The summed E-state index contributed by atoms with van der Waals surface area (Å²) >= 11 is 3.43. The highest BCUT2D eigenvalue weighted by molar-refractivity contribution is 9.10. The highest BCUT2D eigenvalue weighted by Gasteiger charge is 2.22. The van der Waals surface area contributed by atoms with Crippen molar-refractivity contribution in [2.75, 3.05) is 0 Å². The molecule has 2 nitrogen and oxygen atoms in total. The minimum Gasteiger partial charge on any atom is -0.484 e. The van der Waals surface area contributed by atoms with Crippen molar-refractivity contribution in [1.82, 2.24) is 0 Å². The third-order valence-electron chi connectivity index (χ3n) is 3.65. The molecule has 0 bridgehead atoms. The predicted molar refractivity (Wildman–Crippen MR) is 81.6 cm³/mol. The van der Waals surface area contributed by atoms with E-state index < -0.39 is 0 Å². The van der Waals surface area contributed by atoms with E-state index in [1.807, 2.05) is 18.2 Å². The lowest BCUT2D eigenvalue weighted by molar-refractivity contribution is 0.183. The highest BCUT2D eigenvalue weighted by atomic mass is 79.9. The van der Waals surface area contributed by atoms with E-state index in [0.717, 1.165) is 23.7 Å². The second kappa shape index (κ2) is 5.68. The van der Waals surface area contributed by atoms with Crippen LogP contribution < -0.4 is 4.74 Å². The zero-order valence-electron chi connectivity index (χ0n) is 11.0. The van der Waals surface area contributed by atoms with Gasteiger partial charge in [-0.25, -0.2) is 0 Å². The average Bonchev–Trinajstić information content (AvgIpc) is 2.48. The van der Waals surface area contributed by atoms with Crippen LogP contribution in [0.5, 0.6) is 5.75 Å². The summed E-state index contributed by atoms with van der Waals surface area (Å²) in [6, 6.07) is 16.1. The van der Waals surface area contributed by atoms with Crippen LogP contribution in [0.25, 0.3) is 0 Å². The third-order valence-corrected chi connectivity index (χ3v) is 4.14. The van der Waals surface area contributed by atoms with Crippen LogP contribution >= 0.6 is 15.9 Å². The van der Waals surface area contributed by atoms with Crippen LogP contribution in [-0.2, 0) is 6.42 Å². The maximum Gasteiger partial charge on any atom is 0.139 e. The Bertz CT molecular complexity index is 675. The van der Waals surface area contributed by atoms with Gasteiger partial charge < -0.3 is 4.74 Å². The summed E-state index contributed by atoms with van der Waals surface area (Å²) < 4.78 is 7.06. The summed E-state index contributed by atoms with van der Waals surface area (Å²) in [6.07, 6.45) is 3.27. The average molecular weight is 328 g/mol. The molecule has 100 valence electrons. The topological polar surface area (TPSA) is 33.0 Å². The van der Waals surface area contributed by atoms with Gasteiger partial charge in [-0.05, 0) is 48.6 Å². The number of halogens is 1. The van der Waals surface area contributed by atoms with Crippen molar-refractivity contribution in [3.05, 3.63) is 63.6 Å². The quantitative estimate of drug-likeness (QED) is 0.795. The molecule has 0 amide bonds. The molecule has 3 heteroatoms. The number of nitrogens with zero attached hydrogens (tertiary/aromatic N) is 1. The molecule has 0 heterocycles. The van der Waals surface area contributed by atoms with Crippen LogP contribution in [0.1, 0.15) is 35.6 Å². The van der Waals surface area contributed by atoms with Crippen LogP contribution in [0.4, 0.5) is 0 Å². The number of aryl methyl sites for hydroxylation is 1. The van der Waals surface area contributed by atoms with Crippen molar-refractivity contribution < 1.29 is 4.74 Å². The molecule has 0 radical (unpaired) electrons. The van der Waals surface area contributed by atoms with Crippen LogP contribution in [0.15, 0.2) is 46.9 Å². The smallest absolute Gasteiger partial charge is 0.139 e. The summed E-state index contributed by atoms with van der Waals surface area (Å²) in [5, 5.41) is 9.19. The van der Waals surface area contributed by atoms with Gasteiger partial charge in [0.05, 0.1) is 5.56 Å². The number of hydrogen-bond donors (Lipinski definition) is 0. The van der Waals surface area contributed by atoms with Crippen LogP contribution in [-0.4, -0.2) is 0 Å². The molecular weight excluding hydrogens is 314 g/mol. The van der Waals surface area contributed by atoms with Crippen LogP contribution in [0.3, 0.4) is 0 Å². The number of fused-ring (bicyclic) bond motifs is 1. The number of benzene rings is 2. The molecule has 1 unspecified atom stereocenters. The van der Waals surface area contributed by atoms with Gasteiger partial charge in [0.1, 0.15) is 17.9 Å². The zero-order chi connectivity index (χ0) is 13.9. The Balaban J connectivity index is 1.93. The Labute approximate surface area is 127 Å². The van der Waals surface area contributed by atoms with Crippen molar-refractivity contribution in [3.8, 4) is 11.8 Å². The fourth-order valence-electron chi connectivity index (χ4n) is 2.67. The van der Waals surface area contributed by atoms with Crippen molar-refractivity contribution in [2.24, 2.45) is 0 Å². The van der Waals surface area contributed by atoms with E-state index in [0.29, 0.717) is 11.3 Å². The van der Waals surface area contributed by atoms with Gasteiger partial charge >= 0.3 is 0 Å². The molecule has 0 aliphatic heterocycles. The number of ether oxygens (including phenoxy) is 1. The first kappa shape index (κ1) is 13.2. The minimum atomic E-state index is 0.0429. The lowest BCUT2D eigenvalue weighted by Crippen LogP contribution is -2.15. The van der Waals surface area contributed by atoms with E-state index in [1.54, 1.807) is 6.07 Å². The fourth-order valence-corrected chi connectivity index (χ4v) is 3.01. The van der Waals surface area contributed by atoms with Gasteiger partial charge in [0.2, 0.25) is 0 Å². The first-order valence-electron chi connectivity index (χ1n) is 6.72. The minimum absolute atomic E-state index is 0.0429. The Hall–Kier alpha value is -1.79. The van der Waals surface area contributed by atoms with Gasteiger partial charge in [-0.15, -0.1) is 0 Å². The Morgan fingerprint density at radius 3 is 2.90 bits per heavy atom. The van der Waals surface area contributed by atoms with E-state index in [4.69, 9.17) is 4.74 Å². The molecule has 2 aromatic carbocycles. The SMILES string of the molecule is N#Cc1ccc(Br)cc1OC1CCCc2ccccc21. The van der Waals surface area contributed by atoms with Crippen LogP contribution in [0, 0.1) is 11.3 Å². The summed E-state index contributed by atoms with van der Waals surface area (Å²) in [4.78, 5) is 0. The van der Waals surface area contributed by atoms with E-state index in [9.17, 15) is 5.26 Å². The number of nitriles is 1. The molecule has 20 heavy (non-hydrogen) atoms. The number of hydrogen-bond acceptors (Lipinski definition) is 2.